The molecule has 0 spiro atoms. The lowest BCUT2D eigenvalue weighted by atomic mass is 10.0. The maximum absolute atomic E-state index is 14.3. The van der Waals surface area contributed by atoms with Gasteiger partial charge in [0.1, 0.15) is 11.5 Å². The molecule has 2 aliphatic heterocycles. The molecule has 1 aromatic carbocycles. The number of pyridine rings is 1. The maximum atomic E-state index is 14.3. The zero-order valence-electron chi connectivity index (χ0n) is 21.4. The zero-order chi connectivity index (χ0) is 27.3. The van der Waals surface area contributed by atoms with E-state index in [0.717, 1.165) is 23.0 Å². The predicted molar refractivity (Wildman–Crippen MR) is 140 cm³/mol. The third kappa shape index (κ3) is 7.06. The topological polar surface area (TPSA) is 83.0 Å². The molecule has 2 aromatic rings. The fraction of sp³-hybridized carbons (Fsp3) is 0.538. The molecule has 0 aliphatic carbocycles. The zero-order valence-corrected chi connectivity index (χ0v) is 22.9. The van der Waals surface area contributed by atoms with Crippen LogP contribution < -0.4 is 0 Å². The Labute approximate surface area is 227 Å². The number of hydrogen-bond acceptors (Lipinski definition) is 6. The summed E-state index contributed by atoms with van der Waals surface area (Å²) in [6.45, 7) is 3.92. The Hall–Kier alpha value is -2.18. The first-order valence-corrected chi connectivity index (χ1v) is 14.5. The van der Waals surface area contributed by atoms with Crippen LogP contribution in [0.5, 0.6) is 0 Å². The van der Waals surface area contributed by atoms with Crippen molar-refractivity contribution in [2.24, 2.45) is 0 Å². The van der Waals surface area contributed by atoms with Gasteiger partial charge in [0, 0.05) is 58.3 Å². The van der Waals surface area contributed by atoms with E-state index in [2.05, 4.69) is 9.88 Å². The molecule has 0 radical (unpaired) electrons. The second kappa shape index (κ2) is 12.3. The summed E-state index contributed by atoms with van der Waals surface area (Å²) in [5, 5.41) is 0.0374. The van der Waals surface area contributed by atoms with Gasteiger partial charge in [-0.3, -0.25) is 14.7 Å². The fourth-order valence-corrected chi connectivity index (χ4v) is 7.39. The molecule has 1 amide bonds. The molecule has 1 aromatic heterocycles. The first-order chi connectivity index (χ1) is 18.1. The highest BCUT2D eigenvalue weighted by Gasteiger charge is 2.45. The van der Waals surface area contributed by atoms with Gasteiger partial charge < -0.3 is 9.64 Å². The summed E-state index contributed by atoms with van der Waals surface area (Å²) in [7, 11) is -4.15. The maximum Gasteiger partial charge on any atom is 0.251 e. The molecule has 0 unspecified atom stereocenters. The van der Waals surface area contributed by atoms with Crippen molar-refractivity contribution in [3.05, 3.63) is 58.9 Å². The highest BCUT2D eigenvalue weighted by atomic mass is 35.5. The molecule has 38 heavy (non-hydrogen) atoms. The minimum absolute atomic E-state index is 0.0374. The van der Waals surface area contributed by atoms with E-state index in [1.165, 1.54) is 6.07 Å². The van der Waals surface area contributed by atoms with Crippen molar-refractivity contribution < 1.29 is 26.7 Å². The molecule has 8 nitrogen and oxygen atoms in total. The van der Waals surface area contributed by atoms with Crippen LogP contribution in [0.4, 0.5) is 8.78 Å². The molecule has 208 valence electrons. The molecule has 2 aliphatic rings. The number of aryl methyl sites for hydroxylation is 1. The lowest BCUT2D eigenvalue weighted by Crippen LogP contribution is -2.52. The average Bonchev–Trinajstić information content (AvgIpc) is 3.09. The number of nitrogens with zero attached hydrogens (tertiary/aromatic N) is 4. The number of amides is 1. The summed E-state index contributed by atoms with van der Waals surface area (Å²) < 4.78 is 62.1. The first-order valence-electron chi connectivity index (χ1n) is 12.7. The fourth-order valence-electron chi connectivity index (χ4n) is 5.00. The Bertz CT molecular complexity index is 1200. The molecule has 2 fully saturated rings. The summed E-state index contributed by atoms with van der Waals surface area (Å²) in [6.07, 6.45) is 1.27. The number of rotatable bonds is 8. The van der Waals surface area contributed by atoms with Gasteiger partial charge in [-0.1, -0.05) is 29.8 Å². The highest BCUT2D eigenvalue weighted by molar-refractivity contribution is 7.89. The van der Waals surface area contributed by atoms with E-state index >= 15 is 0 Å². The molecule has 0 N–H and O–H groups in total. The van der Waals surface area contributed by atoms with Gasteiger partial charge >= 0.3 is 0 Å². The van der Waals surface area contributed by atoms with Crippen molar-refractivity contribution in [3.63, 3.8) is 0 Å². The molecule has 12 heteroatoms. The normalized spacial score (nSPS) is 21.3. The summed E-state index contributed by atoms with van der Waals surface area (Å²) in [5.41, 5.74) is 1.40. The van der Waals surface area contributed by atoms with E-state index in [1.807, 2.05) is 18.2 Å². The minimum Gasteiger partial charge on any atom is -0.370 e. The smallest absolute Gasteiger partial charge is 0.251 e. The van der Waals surface area contributed by atoms with Crippen molar-refractivity contribution in [2.45, 2.75) is 49.6 Å². The van der Waals surface area contributed by atoms with Gasteiger partial charge in [0.25, 0.3) is 5.92 Å². The molecular weight excluding hydrogens is 538 g/mol. The largest absolute Gasteiger partial charge is 0.370 e. The summed E-state index contributed by atoms with van der Waals surface area (Å²) >= 11 is 6.20. The number of aromatic nitrogens is 1. The molecule has 3 heterocycles. The SMILES string of the molecule is Cc1cccc(Cl)c1S(=O)(=O)N1CCC(F)(F)C[C@H]1COCC(=O)N1CCCN(Cc2ccccn2)CC1. The second-order valence-electron chi connectivity index (χ2n) is 9.81. The highest BCUT2D eigenvalue weighted by Crippen LogP contribution is 2.37. The number of piperidine rings is 1. The van der Waals surface area contributed by atoms with Gasteiger partial charge in [0.15, 0.2) is 0 Å². The number of hydrogen-bond donors (Lipinski definition) is 0. The number of halogens is 3. The lowest BCUT2D eigenvalue weighted by molar-refractivity contribution is -0.137. The van der Waals surface area contributed by atoms with Crippen molar-refractivity contribution in [1.29, 1.82) is 0 Å². The van der Waals surface area contributed by atoms with Crippen LogP contribution in [0.15, 0.2) is 47.5 Å². The van der Waals surface area contributed by atoms with Gasteiger partial charge in [0.05, 0.1) is 23.4 Å². The van der Waals surface area contributed by atoms with Crippen molar-refractivity contribution in [2.75, 3.05) is 45.9 Å². The standard InChI is InChI=1S/C26H33ClF2N4O4S/c1-20-6-4-8-23(27)25(20)38(35,36)33-13-9-26(28,29)16-22(33)18-37-19-24(34)32-12-5-11-31(14-15-32)17-21-7-2-3-10-30-21/h2-4,6-8,10,22H,5,9,11-19H2,1H3/t22-/m0/s1. The van der Waals surface area contributed by atoms with E-state index in [1.54, 1.807) is 30.2 Å². The van der Waals surface area contributed by atoms with Crippen LogP contribution in [0, 0.1) is 6.92 Å². The Morgan fingerprint density at radius 2 is 1.95 bits per heavy atom. The van der Waals surface area contributed by atoms with Crippen molar-refractivity contribution >= 4 is 27.5 Å². The van der Waals surface area contributed by atoms with Crippen LogP contribution in [-0.4, -0.2) is 91.3 Å². The number of ether oxygens (including phenoxy) is 1. The third-order valence-electron chi connectivity index (χ3n) is 6.96. The van der Waals surface area contributed by atoms with Gasteiger partial charge in [0.2, 0.25) is 15.9 Å². The first kappa shape index (κ1) is 28.8. The number of carbonyl (C=O) groups is 1. The third-order valence-corrected chi connectivity index (χ3v) is 9.54. The number of sulfonamides is 1. The van der Waals surface area contributed by atoms with Gasteiger partial charge in [-0.2, -0.15) is 4.31 Å². The van der Waals surface area contributed by atoms with Crippen molar-refractivity contribution in [1.82, 2.24) is 19.1 Å². The summed E-state index contributed by atoms with van der Waals surface area (Å²) in [5.74, 6) is -3.27. The quantitative estimate of drug-likeness (QED) is 0.482. The van der Waals surface area contributed by atoms with Crippen LogP contribution in [0.25, 0.3) is 0 Å². The van der Waals surface area contributed by atoms with Crippen LogP contribution in [-0.2, 0) is 26.1 Å². The number of benzene rings is 1. The lowest BCUT2D eigenvalue weighted by Gasteiger charge is -2.38. The molecule has 0 bridgehead atoms. The Morgan fingerprint density at radius 3 is 2.68 bits per heavy atom. The van der Waals surface area contributed by atoms with Gasteiger partial charge in [-0.05, 0) is 37.1 Å². The van der Waals surface area contributed by atoms with Crippen LogP contribution in [0.2, 0.25) is 5.02 Å². The van der Waals surface area contributed by atoms with Gasteiger partial charge in [-0.25, -0.2) is 17.2 Å². The Balaban J connectivity index is 1.35. The second-order valence-corrected chi connectivity index (χ2v) is 12.0. The number of alkyl halides is 2. The van der Waals surface area contributed by atoms with Crippen LogP contribution in [0.1, 0.15) is 30.5 Å². The molecule has 1 atom stereocenters. The van der Waals surface area contributed by atoms with Crippen LogP contribution >= 0.6 is 11.6 Å². The minimum atomic E-state index is -4.15. The van der Waals surface area contributed by atoms with E-state index < -0.39 is 34.8 Å². The average molecular weight is 571 g/mol. The molecule has 0 saturated carbocycles. The van der Waals surface area contributed by atoms with E-state index in [-0.39, 0.29) is 35.6 Å². The summed E-state index contributed by atoms with van der Waals surface area (Å²) in [4.78, 5) is 21.1. The van der Waals surface area contributed by atoms with Crippen LogP contribution in [0.3, 0.4) is 0 Å². The number of carbonyl (C=O) groups excluding carboxylic acids is 1. The predicted octanol–water partition coefficient (Wildman–Crippen LogP) is 3.58. The van der Waals surface area contributed by atoms with E-state index in [0.29, 0.717) is 31.7 Å². The molecular formula is C26H33ClF2N4O4S. The molecule has 2 saturated heterocycles. The van der Waals surface area contributed by atoms with E-state index in [9.17, 15) is 22.0 Å². The Morgan fingerprint density at radius 1 is 1.13 bits per heavy atom. The monoisotopic (exact) mass is 570 g/mol. The van der Waals surface area contributed by atoms with Crippen molar-refractivity contribution in [3.8, 4) is 0 Å². The summed E-state index contributed by atoms with van der Waals surface area (Å²) in [6, 6.07) is 9.36. The molecule has 4 rings (SSSR count). The van der Waals surface area contributed by atoms with E-state index in [4.69, 9.17) is 16.3 Å². The van der Waals surface area contributed by atoms with Gasteiger partial charge in [-0.15, -0.1) is 0 Å². The Kier molecular flexibility index (Phi) is 9.36.